The van der Waals surface area contributed by atoms with Gasteiger partial charge in [0.05, 0.1) is 12.1 Å². The molecule has 3 aromatic rings. The lowest BCUT2D eigenvalue weighted by Gasteiger charge is -2.22. The maximum absolute atomic E-state index is 12.8. The van der Waals surface area contributed by atoms with Crippen LogP contribution in [0.25, 0.3) is 10.8 Å². The Morgan fingerprint density at radius 1 is 1.33 bits per heavy atom. The molecule has 1 amide bonds. The number of thiazole rings is 1. The van der Waals surface area contributed by atoms with Gasteiger partial charge in [0.1, 0.15) is 5.76 Å². The van der Waals surface area contributed by atoms with Gasteiger partial charge in [-0.3, -0.25) is 4.79 Å². The third-order valence-electron chi connectivity index (χ3n) is 4.31. The van der Waals surface area contributed by atoms with Crippen molar-refractivity contribution >= 4 is 22.9 Å². The topological polar surface area (TPSA) is 46.3 Å². The zero-order valence-corrected chi connectivity index (χ0v) is 14.5. The zero-order chi connectivity index (χ0) is 16.7. The number of aryl methyl sites for hydroxylation is 1. The van der Waals surface area contributed by atoms with E-state index < -0.39 is 0 Å². The Balaban J connectivity index is 1.54. The average molecular weight is 338 g/mol. The van der Waals surface area contributed by atoms with Gasteiger partial charge in [0.2, 0.25) is 5.91 Å². The van der Waals surface area contributed by atoms with Crippen molar-refractivity contribution in [2.75, 3.05) is 4.90 Å². The second kappa shape index (κ2) is 5.91. The van der Waals surface area contributed by atoms with E-state index in [0.29, 0.717) is 6.42 Å². The minimum absolute atomic E-state index is 0.0972. The molecule has 0 radical (unpaired) electrons. The molecule has 1 aromatic carbocycles. The summed E-state index contributed by atoms with van der Waals surface area (Å²) in [5.41, 5.74) is 3.07. The maximum atomic E-state index is 12.8. The van der Waals surface area contributed by atoms with E-state index in [1.807, 2.05) is 47.5 Å². The fourth-order valence-electron chi connectivity index (χ4n) is 3.24. The standard InChI is InChI=1S/C19H18N2O2S/c1-12-9-14-5-3-4-6-16(14)21(12)18(22)10-15-11-24-19(20-15)17-8-7-13(2)23-17/h3-8,11-12H,9-10H2,1-2H3. The fourth-order valence-corrected chi connectivity index (χ4v) is 4.02. The molecule has 5 heteroatoms. The number of furan rings is 1. The number of hydrogen-bond donors (Lipinski definition) is 0. The van der Waals surface area contributed by atoms with Crippen molar-refractivity contribution in [1.82, 2.24) is 4.98 Å². The van der Waals surface area contributed by atoms with E-state index in [1.54, 1.807) is 0 Å². The van der Waals surface area contributed by atoms with E-state index in [9.17, 15) is 4.79 Å². The van der Waals surface area contributed by atoms with Crippen molar-refractivity contribution in [2.24, 2.45) is 0 Å². The Morgan fingerprint density at radius 3 is 2.96 bits per heavy atom. The fraction of sp³-hybridized carbons (Fsp3) is 0.263. The van der Waals surface area contributed by atoms with Crippen LogP contribution in [0.4, 0.5) is 5.69 Å². The number of carbonyl (C=O) groups is 1. The van der Waals surface area contributed by atoms with Crippen LogP contribution in [0, 0.1) is 6.92 Å². The summed E-state index contributed by atoms with van der Waals surface area (Å²) in [4.78, 5) is 19.3. The van der Waals surface area contributed by atoms with Gasteiger partial charge in [0.25, 0.3) is 0 Å². The third-order valence-corrected chi connectivity index (χ3v) is 5.22. The molecule has 2 aromatic heterocycles. The minimum Gasteiger partial charge on any atom is -0.459 e. The van der Waals surface area contributed by atoms with Crippen molar-refractivity contribution in [3.63, 3.8) is 0 Å². The van der Waals surface area contributed by atoms with Gasteiger partial charge in [-0.25, -0.2) is 4.98 Å². The number of anilines is 1. The summed E-state index contributed by atoms with van der Waals surface area (Å²) in [6.07, 6.45) is 1.23. The molecule has 1 unspecified atom stereocenters. The third kappa shape index (κ3) is 2.65. The molecule has 1 aliphatic heterocycles. The summed E-state index contributed by atoms with van der Waals surface area (Å²) in [7, 11) is 0. The molecular formula is C19H18N2O2S. The lowest BCUT2D eigenvalue weighted by molar-refractivity contribution is -0.118. The molecule has 122 valence electrons. The van der Waals surface area contributed by atoms with Gasteiger partial charge >= 0.3 is 0 Å². The number of rotatable bonds is 3. The molecule has 4 nitrogen and oxygen atoms in total. The molecule has 1 atom stereocenters. The monoisotopic (exact) mass is 338 g/mol. The predicted octanol–water partition coefficient (Wildman–Crippen LogP) is 4.23. The molecule has 24 heavy (non-hydrogen) atoms. The van der Waals surface area contributed by atoms with Crippen molar-refractivity contribution in [1.29, 1.82) is 0 Å². The highest BCUT2D eigenvalue weighted by molar-refractivity contribution is 7.13. The Labute approximate surface area is 144 Å². The maximum Gasteiger partial charge on any atom is 0.233 e. The molecule has 0 saturated carbocycles. The second-order valence-corrected chi connectivity index (χ2v) is 7.03. The molecule has 0 N–H and O–H groups in total. The summed E-state index contributed by atoms with van der Waals surface area (Å²) in [6.45, 7) is 4.00. The number of nitrogens with zero attached hydrogens (tertiary/aromatic N) is 2. The van der Waals surface area contributed by atoms with Crippen LogP contribution in [0.15, 0.2) is 46.2 Å². The summed E-state index contributed by atoms with van der Waals surface area (Å²) in [5.74, 6) is 1.72. The number of carbonyl (C=O) groups excluding carboxylic acids is 1. The molecule has 0 fully saturated rings. The molecule has 4 rings (SSSR count). The molecule has 0 saturated heterocycles. The van der Waals surface area contributed by atoms with Gasteiger partial charge in [0.15, 0.2) is 10.8 Å². The Bertz CT molecular complexity index is 896. The predicted molar refractivity (Wildman–Crippen MR) is 95.4 cm³/mol. The van der Waals surface area contributed by atoms with E-state index in [4.69, 9.17) is 4.42 Å². The molecule has 0 spiro atoms. The van der Waals surface area contributed by atoms with Crippen LogP contribution in [0.1, 0.15) is 23.9 Å². The number of benzene rings is 1. The van der Waals surface area contributed by atoms with Gasteiger partial charge in [-0.2, -0.15) is 0 Å². The SMILES string of the molecule is Cc1ccc(-c2nc(CC(=O)N3c4ccccc4CC3C)cs2)o1. The first-order valence-corrected chi connectivity index (χ1v) is 8.91. The zero-order valence-electron chi connectivity index (χ0n) is 13.7. The number of fused-ring (bicyclic) bond motifs is 1. The van der Waals surface area contributed by atoms with Crippen molar-refractivity contribution in [2.45, 2.75) is 32.7 Å². The Kier molecular flexibility index (Phi) is 3.73. The van der Waals surface area contributed by atoms with Gasteiger partial charge in [-0.05, 0) is 44.0 Å². The molecule has 3 heterocycles. The number of hydrogen-bond acceptors (Lipinski definition) is 4. The average Bonchev–Trinajstić information content (AvgIpc) is 3.24. The molecule has 0 aliphatic carbocycles. The molecule has 0 bridgehead atoms. The van der Waals surface area contributed by atoms with Crippen LogP contribution < -0.4 is 4.90 Å². The number of amides is 1. The van der Waals surface area contributed by atoms with Crippen LogP contribution >= 0.6 is 11.3 Å². The second-order valence-electron chi connectivity index (χ2n) is 6.18. The van der Waals surface area contributed by atoms with Crippen LogP contribution in [-0.2, 0) is 17.6 Å². The Hall–Kier alpha value is -2.40. The smallest absolute Gasteiger partial charge is 0.233 e. The van der Waals surface area contributed by atoms with Gasteiger partial charge in [0, 0.05) is 17.1 Å². The van der Waals surface area contributed by atoms with E-state index in [-0.39, 0.29) is 11.9 Å². The molecule has 1 aliphatic rings. The van der Waals surface area contributed by atoms with Crippen molar-refractivity contribution < 1.29 is 9.21 Å². The van der Waals surface area contributed by atoms with Gasteiger partial charge in [-0.1, -0.05) is 18.2 Å². The van der Waals surface area contributed by atoms with E-state index in [2.05, 4.69) is 18.0 Å². The van der Waals surface area contributed by atoms with Crippen LogP contribution in [0.3, 0.4) is 0 Å². The first-order valence-electron chi connectivity index (χ1n) is 8.03. The number of para-hydroxylation sites is 1. The van der Waals surface area contributed by atoms with E-state index >= 15 is 0 Å². The highest BCUT2D eigenvalue weighted by Crippen LogP contribution is 2.32. The lowest BCUT2D eigenvalue weighted by Crippen LogP contribution is -2.36. The van der Waals surface area contributed by atoms with Gasteiger partial charge < -0.3 is 9.32 Å². The van der Waals surface area contributed by atoms with Crippen molar-refractivity contribution in [3.05, 3.63) is 58.8 Å². The summed E-state index contributed by atoms with van der Waals surface area (Å²) in [5, 5.41) is 2.76. The first-order chi connectivity index (χ1) is 11.6. The highest BCUT2D eigenvalue weighted by atomic mass is 32.1. The Morgan fingerprint density at radius 2 is 2.17 bits per heavy atom. The quantitative estimate of drug-likeness (QED) is 0.718. The summed E-state index contributed by atoms with van der Waals surface area (Å²) < 4.78 is 5.60. The van der Waals surface area contributed by atoms with Crippen molar-refractivity contribution in [3.8, 4) is 10.8 Å². The molecular weight excluding hydrogens is 320 g/mol. The van der Waals surface area contributed by atoms with Crippen LogP contribution in [-0.4, -0.2) is 16.9 Å². The number of aromatic nitrogens is 1. The van der Waals surface area contributed by atoms with Crippen LogP contribution in [0.5, 0.6) is 0 Å². The minimum atomic E-state index is 0.0972. The first kappa shape index (κ1) is 15.1. The normalized spacial score (nSPS) is 16.4. The van der Waals surface area contributed by atoms with E-state index in [0.717, 1.165) is 34.3 Å². The van der Waals surface area contributed by atoms with Gasteiger partial charge in [-0.15, -0.1) is 11.3 Å². The largest absolute Gasteiger partial charge is 0.459 e. The van der Waals surface area contributed by atoms with E-state index in [1.165, 1.54) is 16.9 Å². The summed E-state index contributed by atoms with van der Waals surface area (Å²) in [6, 6.07) is 12.2. The summed E-state index contributed by atoms with van der Waals surface area (Å²) >= 11 is 1.51. The highest BCUT2D eigenvalue weighted by Gasteiger charge is 2.30. The lowest BCUT2D eigenvalue weighted by atomic mass is 10.1. The van der Waals surface area contributed by atoms with Crippen LogP contribution in [0.2, 0.25) is 0 Å².